The van der Waals surface area contributed by atoms with Crippen LogP contribution in [0.3, 0.4) is 0 Å². The smallest absolute Gasteiger partial charge is 0.0538 e. The van der Waals surface area contributed by atoms with E-state index >= 15 is 0 Å². The third kappa shape index (κ3) is 3.61. The van der Waals surface area contributed by atoms with Gasteiger partial charge in [-0.3, -0.25) is 4.68 Å². The first-order valence-electron chi connectivity index (χ1n) is 5.93. The zero-order chi connectivity index (χ0) is 12.1. The maximum atomic E-state index is 4.23. The lowest BCUT2D eigenvalue weighted by atomic mass is 10.1. The number of nitrogens with zero attached hydrogens (tertiary/aromatic N) is 3. The van der Waals surface area contributed by atoms with E-state index in [2.05, 4.69) is 49.5 Å². The second-order valence-corrected chi connectivity index (χ2v) is 4.64. The fraction of sp³-hybridized carbons (Fsp3) is 0.750. The highest BCUT2D eigenvalue weighted by Crippen LogP contribution is 2.16. The third-order valence-corrected chi connectivity index (χ3v) is 3.01. The minimum atomic E-state index is 0.391. The van der Waals surface area contributed by atoms with Crippen LogP contribution in [0.5, 0.6) is 0 Å². The molecule has 1 N–H and O–H groups in total. The van der Waals surface area contributed by atoms with E-state index in [9.17, 15) is 0 Å². The van der Waals surface area contributed by atoms with Crippen molar-refractivity contribution >= 4 is 0 Å². The minimum Gasteiger partial charge on any atom is -0.312 e. The van der Waals surface area contributed by atoms with Crippen LogP contribution < -0.4 is 5.32 Å². The molecule has 0 amide bonds. The quantitative estimate of drug-likeness (QED) is 0.793. The molecule has 4 heteroatoms. The largest absolute Gasteiger partial charge is 0.312 e. The van der Waals surface area contributed by atoms with Crippen molar-refractivity contribution in [2.24, 2.45) is 7.05 Å². The number of likely N-dealkylation sites (N-methyl/N-ethyl adjacent to an activating group) is 1. The maximum Gasteiger partial charge on any atom is 0.0538 e. The first-order valence-corrected chi connectivity index (χ1v) is 5.93. The van der Waals surface area contributed by atoms with Gasteiger partial charge in [0.25, 0.3) is 0 Å². The molecule has 2 unspecified atom stereocenters. The van der Waals surface area contributed by atoms with Gasteiger partial charge in [0.05, 0.1) is 6.20 Å². The predicted molar refractivity (Wildman–Crippen MR) is 67.4 cm³/mol. The predicted octanol–water partition coefficient (Wildman–Crippen LogP) is 1.41. The Kier molecular flexibility index (Phi) is 4.96. The lowest BCUT2D eigenvalue weighted by Gasteiger charge is -2.25. The summed E-state index contributed by atoms with van der Waals surface area (Å²) < 4.78 is 1.86. The van der Waals surface area contributed by atoms with Crippen LogP contribution in [0.4, 0.5) is 0 Å². The van der Waals surface area contributed by atoms with E-state index in [1.54, 1.807) is 0 Å². The molecule has 0 fully saturated rings. The number of rotatable bonds is 6. The molecule has 0 saturated carbocycles. The Labute approximate surface area is 98.6 Å². The number of hydrogen-bond acceptors (Lipinski definition) is 3. The van der Waals surface area contributed by atoms with Crippen molar-refractivity contribution in [3.8, 4) is 0 Å². The van der Waals surface area contributed by atoms with Gasteiger partial charge in [-0.25, -0.2) is 0 Å². The van der Waals surface area contributed by atoms with Gasteiger partial charge in [-0.05, 0) is 27.4 Å². The van der Waals surface area contributed by atoms with Crippen LogP contribution in [0, 0.1) is 0 Å². The summed E-state index contributed by atoms with van der Waals surface area (Å²) in [4.78, 5) is 2.23. The van der Waals surface area contributed by atoms with Gasteiger partial charge in [0.1, 0.15) is 0 Å². The lowest BCUT2D eigenvalue weighted by Crippen LogP contribution is -2.35. The summed E-state index contributed by atoms with van der Waals surface area (Å²) >= 11 is 0. The van der Waals surface area contributed by atoms with E-state index in [4.69, 9.17) is 0 Å². The van der Waals surface area contributed by atoms with Gasteiger partial charge in [-0.1, -0.05) is 6.92 Å². The molecule has 0 spiro atoms. The lowest BCUT2D eigenvalue weighted by molar-refractivity contribution is 0.280. The van der Waals surface area contributed by atoms with Gasteiger partial charge >= 0.3 is 0 Å². The average Bonchev–Trinajstić information content (AvgIpc) is 2.64. The molecule has 0 bridgehead atoms. The molecule has 0 saturated heterocycles. The molecular formula is C12H24N4. The number of aromatic nitrogens is 2. The van der Waals surface area contributed by atoms with E-state index in [0.29, 0.717) is 12.1 Å². The molecule has 1 aromatic heterocycles. The molecule has 1 heterocycles. The molecule has 92 valence electrons. The van der Waals surface area contributed by atoms with Gasteiger partial charge in [-0.2, -0.15) is 5.10 Å². The van der Waals surface area contributed by atoms with Gasteiger partial charge in [-0.15, -0.1) is 0 Å². The Morgan fingerprint density at radius 2 is 2.19 bits per heavy atom. The summed E-state index contributed by atoms with van der Waals surface area (Å²) in [6, 6.07) is 0.960. The minimum absolute atomic E-state index is 0.391. The Bertz CT molecular complexity index is 306. The highest BCUT2D eigenvalue weighted by atomic mass is 15.2. The monoisotopic (exact) mass is 224 g/mol. The van der Waals surface area contributed by atoms with Crippen molar-refractivity contribution in [2.45, 2.75) is 32.4 Å². The van der Waals surface area contributed by atoms with E-state index < -0.39 is 0 Å². The third-order valence-electron chi connectivity index (χ3n) is 3.01. The molecular weight excluding hydrogens is 200 g/mol. The fourth-order valence-electron chi connectivity index (χ4n) is 1.67. The SMILES string of the molecule is CCC(C)NCC(c1cnn(C)c1)N(C)C. The van der Waals surface area contributed by atoms with Crippen molar-refractivity contribution in [3.63, 3.8) is 0 Å². The number of hydrogen-bond donors (Lipinski definition) is 1. The van der Waals surface area contributed by atoms with Crippen LogP contribution >= 0.6 is 0 Å². The Morgan fingerprint density at radius 1 is 1.50 bits per heavy atom. The summed E-state index contributed by atoms with van der Waals surface area (Å²) in [6.07, 6.45) is 5.19. The normalized spacial score (nSPS) is 15.4. The highest BCUT2D eigenvalue weighted by Gasteiger charge is 2.15. The van der Waals surface area contributed by atoms with Crippen molar-refractivity contribution in [1.82, 2.24) is 20.0 Å². The molecule has 0 aliphatic carbocycles. The van der Waals surface area contributed by atoms with E-state index in [1.165, 1.54) is 5.56 Å². The molecule has 0 aliphatic heterocycles. The summed E-state index contributed by atoms with van der Waals surface area (Å²) in [6.45, 7) is 5.38. The van der Waals surface area contributed by atoms with Crippen LogP contribution in [-0.4, -0.2) is 41.4 Å². The molecule has 4 nitrogen and oxygen atoms in total. The van der Waals surface area contributed by atoms with E-state index in [0.717, 1.165) is 13.0 Å². The van der Waals surface area contributed by atoms with Crippen molar-refractivity contribution in [1.29, 1.82) is 0 Å². The first-order chi connectivity index (χ1) is 7.54. The Hall–Kier alpha value is -0.870. The molecule has 1 rings (SSSR count). The van der Waals surface area contributed by atoms with Crippen LogP contribution in [-0.2, 0) is 7.05 Å². The molecule has 0 radical (unpaired) electrons. The van der Waals surface area contributed by atoms with Gasteiger partial charge < -0.3 is 10.2 Å². The molecule has 0 aliphatic rings. The summed E-state index contributed by atoms with van der Waals surface area (Å²) in [7, 11) is 6.17. The summed E-state index contributed by atoms with van der Waals surface area (Å²) in [5.74, 6) is 0. The Morgan fingerprint density at radius 3 is 2.62 bits per heavy atom. The number of nitrogens with one attached hydrogen (secondary N) is 1. The van der Waals surface area contributed by atoms with Gasteiger partial charge in [0.15, 0.2) is 0 Å². The van der Waals surface area contributed by atoms with Crippen LogP contribution in [0.15, 0.2) is 12.4 Å². The summed E-state index contributed by atoms with van der Waals surface area (Å²) in [5, 5.41) is 7.77. The molecule has 0 aromatic carbocycles. The Balaban J connectivity index is 2.61. The standard InChI is InChI=1S/C12H24N4/c1-6-10(2)13-8-12(15(3)4)11-7-14-16(5)9-11/h7,9-10,12-13H,6,8H2,1-5H3. The summed E-state index contributed by atoms with van der Waals surface area (Å²) in [5.41, 5.74) is 1.27. The van der Waals surface area contributed by atoms with Gasteiger partial charge in [0.2, 0.25) is 0 Å². The first kappa shape index (κ1) is 13.2. The molecule has 16 heavy (non-hydrogen) atoms. The number of aryl methyl sites for hydroxylation is 1. The second kappa shape index (κ2) is 6.01. The average molecular weight is 224 g/mol. The van der Waals surface area contributed by atoms with E-state index in [-0.39, 0.29) is 0 Å². The van der Waals surface area contributed by atoms with Crippen LogP contribution in [0.25, 0.3) is 0 Å². The second-order valence-electron chi connectivity index (χ2n) is 4.64. The van der Waals surface area contributed by atoms with Crippen molar-refractivity contribution < 1.29 is 0 Å². The van der Waals surface area contributed by atoms with Crippen LogP contribution in [0.2, 0.25) is 0 Å². The maximum absolute atomic E-state index is 4.23. The topological polar surface area (TPSA) is 33.1 Å². The zero-order valence-electron chi connectivity index (χ0n) is 11.1. The fourth-order valence-corrected chi connectivity index (χ4v) is 1.67. The molecule has 1 aromatic rings. The van der Waals surface area contributed by atoms with Crippen LogP contribution in [0.1, 0.15) is 31.9 Å². The van der Waals surface area contributed by atoms with Gasteiger partial charge in [0, 0.05) is 37.4 Å². The highest BCUT2D eigenvalue weighted by molar-refractivity contribution is 5.10. The zero-order valence-corrected chi connectivity index (χ0v) is 11.1. The van der Waals surface area contributed by atoms with E-state index in [1.807, 2.05) is 17.9 Å². The molecule has 2 atom stereocenters. The van der Waals surface area contributed by atoms with Crippen molar-refractivity contribution in [3.05, 3.63) is 18.0 Å². The van der Waals surface area contributed by atoms with Crippen molar-refractivity contribution in [2.75, 3.05) is 20.6 Å².